The first kappa shape index (κ1) is 11.9. The van der Waals surface area contributed by atoms with Crippen molar-refractivity contribution in [3.8, 4) is 0 Å². The molecule has 0 aliphatic heterocycles. The molecule has 0 aromatic rings. The van der Waals surface area contributed by atoms with Gasteiger partial charge in [0.05, 0.1) is 0 Å². The Morgan fingerprint density at radius 2 is 1.75 bits per heavy atom. The number of sulfone groups is 1. The molecule has 0 radical (unpaired) electrons. The van der Waals surface area contributed by atoms with Crippen molar-refractivity contribution < 1.29 is 8.42 Å². The highest BCUT2D eigenvalue weighted by Crippen LogP contribution is 2.22. The van der Waals surface area contributed by atoms with Crippen LogP contribution in [-0.4, -0.2) is 26.6 Å². The fraction of sp³-hybridized carbons (Fsp3) is 1.00. The fourth-order valence-corrected chi connectivity index (χ4v) is 3.04. The normalized spacial score (nSPS) is 16.1. The summed E-state index contributed by atoms with van der Waals surface area (Å²) in [6.45, 7) is 8.34. The highest BCUT2D eigenvalue weighted by Gasteiger charge is 2.31. The molecule has 0 aliphatic carbocycles. The molecular weight excluding hydrogens is 174 g/mol. The van der Waals surface area contributed by atoms with Gasteiger partial charge in [-0.15, -0.1) is 0 Å². The molecule has 0 heterocycles. The number of nitrogens with one attached hydrogen (secondary N) is 1. The van der Waals surface area contributed by atoms with Crippen molar-refractivity contribution in [3.63, 3.8) is 0 Å². The molecule has 0 aromatic carbocycles. The minimum atomic E-state index is -3.00. The summed E-state index contributed by atoms with van der Waals surface area (Å²) < 4.78 is 22.6. The maximum absolute atomic E-state index is 11.3. The van der Waals surface area contributed by atoms with Gasteiger partial charge in [-0.25, -0.2) is 8.42 Å². The molecule has 0 spiro atoms. The van der Waals surface area contributed by atoms with Crippen LogP contribution < -0.4 is 5.32 Å². The summed E-state index contributed by atoms with van der Waals surface area (Å²) in [7, 11) is -3.00. The van der Waals surface area contributed by atoms with E-state index in [-0.39, 0.29) is 5.41 Å². The second kappa shape index (κ2) is 3.75. The average molecular weight is 193 g/mol. The van der Waals surface area contributed by atoms with E-state index in [2.05, 4.69) is 5.32 Å². The first-order chi connectivity index (χ1) is 5.19. The molecule has 0 rings (SSSR count). The Labute approximate surface area is 75.5 Å². The van der Waals surface area contributed by atoms with Crippen molar-refractivity contribution in [3.05, 3.63) is 0 Å². The second-order valence-corrected chi connectivity index (χ2v) is 6.26. The molecule has 0 saturated heterocycles. The number of hydrogen-bond acceptors (Lipinski definition) is 3. The molecule has 0 aromatic heterocycles. The van der Waals surface area contributed by atoms with Crippen molar-refractivity contribution in [2.75, 3.05) is 12.8 Å². The lowest BCUT2D eigenvalue weighted by Gasteiger charge is -2.29. The highest BCUT2D eigenvalue weighted by atomic mass is 32.2. The molecule has 1 atom stereocenters. The third-order valence-corrected chi connectivity index (χ3v) is 3.33. The van der Waals surface area contributed by atoms with Gasteiger partial charge in [-0.2, -0.15) is 0 Å². The Kier molecular flexibility index (Phi) is 3.72. The van der Waals surface area contributed by atoms with Crippen molar-refractivity contribution in [2.45, 2.75) is 33.1 Å². The van der Waals surface area contributed by atoms with E-state index in [4.69, 9.17) is 0 Å². The van der Waals surface area contributed by atoms with Gasteiger partial charge in [0.15, 0.2) is 9.84 Å². The Morgan fingerprint density at radius 3 is 1.83 bits per heavy atom. The Bertz CT molecular complexity index is 226. The number of hydrogen-bond donors (Lipinski definition) is 1. The summed E-state index contributed by atoms with van der Waals surface area (Å²) in [6, 6.07) is 0. The SMILES string of the molecule is CCNC(C(C)(C)C)S(C)(=O)=O. The topological polar surface area (TPSA) is 46.2 Å². The van der Waals surface area contributed by atoms with Crippen LogP contribution >= 0.6 is 0 Å². The standard InChI is InChI=1S/C8H19NO2S/c1-6-9-7(8(2,3)4)12(5,10)11/h7,9H,6H2,1-5H3. The molecule has 0 bridgehead atoms. The first-order valence-corrected chi connectivity index (χ1v) is 6.07. The molecule has 74 valence electrons. The van der Waals surface area contributed by atoms with Crippen LogP contribution in [0.5, 0.6) is 0 Å². The van der Waals surface area contributed by atoms with E-state index in [1.807, 2.05) is 27.7 Å². The van der Waals surface area contributed by atoms with Crippen LogP contribution in [0.2, 0.25) is 0 Å². The summed E-state index contributed by atoms with van der Waals surface area (Å²) in [5.74, 6) is 0. The second-order valence-electron chi connectivity index (χ2n) is 4.13. The van der Waals surface area contributed by atoms with Crippen LogP contribution in [0.4, 0.5) is 0 Å². The summed E-state index contributed by atoms with van der Waals surface area (Å²) in [5.41, 5.74) is -0.246. The van der Waals surface area contributed by atoms with Crippen molar-refractivity contribution in [2.24, 2.45) is 5.41 Å². The Morgan fingerprint density at radius 1 is 1.33 bits per heavy atom. The molecule has 0 fully saturated rings. The van der Waals surface area contributed by atoms with E-state index in [9.17, 15) is 8.42 Å². The lowest BCUT2D eigenvalue weighted by atomic mass is 9.96. The highest BCUT2D eigenvalue weighted by molar-refractivity contribution is 7.91. The predicted molar refractivity (Wildman–Crippen MR) is 51.8 cm³/mol. The van der Waals surface area contributed by atoms with Gasteiger partial charge in [-0.05, 0) is 12.0 Å². The molecule has 0 saturated carbocycles. The zero-order valence-electron chi connectivity index (χ0n) is 8.51. The fourth-order valence-electron chi connectivity index (χ4n) is 1.29. The quantitative estimate of drug-likeness (QED) is 0.727. The summed E-state index contributed by atoms with van der Waals surface area (Å²) >= 11 is 0. The van der Waals surface area contributed by atoms with Crippen LogP contribution in [0.3, 0.4) is 0 Å². The van der Waals surface area contributed by atoms with Crippen LogP contribution in [0.1, 0.15) is 27.7 Å². The maximum Gasteiger partial charge on any atom is 0.163 e. The monoisotopic (exact) mass is 193 g/mol. The van der Waals surface area contributed by atoms with Gasteiger partial charge in [0.25, 0.3) is 0 Å². The Hall–Kier alpha value is -0.0900. The lowest BCUT2D eigenvalue weighted by Crippen LogP contribution is -2.45. The first-order valence-electron chi connectivity index (χ1n) is 4.12. The van der Waals surface area contributed by atoms with Gasteiger partial charge < -0.3 is 5.32 Å². The van der Waals surface area contributed by atoms with Gasteiger partial charge in [0, 0.05) is 6.26 Å². The summed E-state index contributed by atoms with van der Waals surface area (Å²) in [6.07, 6.45) is 1.27. The minimum absolute atomic E-state index is 0.246. The summed E-state index contributed by atoms with van der Waals surface area (Å²) in [5, 5.41) is 2.53. The molecular formula is C8H19NO2S. The zero-order valence-corrected chi connectivity index (χ0v) is 9.33. The molecule has 1 N–H and O–H groups in total. The van der Waals surface area contributed by atoms with E-state index in [0.717, 1.165) is 0 Å². The van der Waals surface area contributed by atoms with Crippen LogP contribution in [0, 0.1) is 5.41 Å². The predicted octanol–water partition coefficient (Wildman–Crippen LogP) is 1.01. The molecule has 12 heavy (non-hydrogen) atoms. The van der Waals surface area contributed by atoms with Crippen molar-refractivity contribution in [1.29, 1.82) is 0 Å². The van der Waals surface area contributed by atoms with Crippen LogP contribution in [0.15, 0.2) is 0 Å². The third kappa shape index (κ3) is 3.54. The van der Waals surface area contributed by atoms with Gasteiger partial charge in [-0.1, -0.05) is 27.7 Å². The van der Waals surface area contributed by atoms with E-state index >= 15 is 0 Å². The van der Waals surface area contributed by atoms with Crippen LogP contribution in [0.25, 0.3) is 0 Å². The van der Waals surface area contributed by atoms with E-state index in [1.165, 1.54) is 6.26 Å². The molecule has 4 heteroatoms. The van der Waals surface area contributed by atoms with Crippen molar-refractivity contribution in [1.82, 2.24) is 5.32 Å². The van der Waals surface area contributed by atoms with Gasteiger partial charge in [0.2, 0.25) is 0 Å². The van der Waals surface area contributed by atoms with Gasteiger partial charge >= 0.3 is 0 Å². The lowest BCUT2D eigenvalue weighted by molar-refractivity contribution is 0.339. The van der Waals surface area contributed by atoms with E-state index in [0.29, 0.717) is 6.54 Å². The molecule has 3 nitrogen and oxygen atoms in total. The molecule has 0 amide bonds. The minimum Gasteiger partial charge on any atom is -0.301 e. The molecule has 1 unspecified atom stereocenters. The third-order valence-electron chi connectivity index (χ3n) is 1.60. The van der Waals surface area contributed by atoms with Crippen LogP contribution in [-0.2, 0) is 9.84 Å². The van der Waals surface area contributed by atoms with Gasteiger partial charge in [0.1, 0.15) is 5.37 Å². The zero-order chi connectivity index (χ0) is 9.99. The Balaban J connectivity index is 4.70. The molecule has 0 aliphatic rings. The summed E-state index contributed by atoms with van der Waals surface area (Å²) in [4.78, 5) is 0. The number of rotatable bonds is 3. The van der Waals surface area contributed by atoms with Crippen molar-refractivity contribution >= 4 is 9.84 Å². The largest absolute Gasteiger partial charge is 0.301 e. The smallest absolute Gasteiger partial charge is 0.163 e. The average Bonchev–Trinajstić information content (AvgIpc) is 1.77. The maximum atomic E-state index is 11.3. The van der Waals surface area contributed by atoms with E-state index < -0.39 is 15.2 Å². The van der Waals surface area contributed by atoms with E-state index in [1.54, 1.807) is 0 Å². The van der Waals surface area contributed by atoms with Gasteiger partial charge in [-0.3, -0.25) is 0 Å².